The molecule has 82 valence electrons. The van der Waals surface area contributed by atoms with E-state index in [4.69, 9.17) is 0 Å². The van der Waals surface area contributed by atoms with Crippen LogP contribution in [0.1, 0.15) is 16.8 Å². The van der Waals surface area contributed by atoms with Crippen LogP contribution in [0.15, 0.2) is 36.9 Å². The monoisotopic (exact) mass is 211 g/mol. The third kappa shape index (κ3) is 1.58. The van der Waals surface area contributed by atoms with Crippen molar-refractivity contribution in [2.45, 2.75) is 13.8 Å². The van der Waals surface area contributed by atoms with E-state index >= 15 is 0 Å². The van der Waals surface area contributed by atoms with Gasteiger partial charge in [0.05, 0.1) is 0 Å². The number of fused-ring (bicyclic) bond motifs is 1. The van der Waals surface area contributed by atoms with E-state index in [1.165, 1.54) is 27.7 Å². The van der Waals surface area contributed by atoms with Crippen LogP contribution in [0.4, 0.5) is 0 Å². The van der Waals surface area contributed by atoms with Crippen molar-refractivity contribution in [1.82, 2.24) is 4.57 Å². The van der Waals surface area contributed by atoms with E-state index in [0.29, 0.717) is 0 Å². The minimum absolute atomic E-state index is 1.25. The van der Waals surface area contributed by atoms with E-state index < -0.39 is 0 Å². The minimum Gasteiger partial charge on any atom is -0.344 e. The molecule has 0 fully saturated rings. The number of hydrogen-bond donors (Lipinski definition) is 0. The van der Waals surface area contributed by atoms with Gasteiger partial charge in [0, 0.05) is 23.6 Å². The van der Waals surface area contributed by atoms with Gasteiger partial charge in [-0.05, 0) is 37.6 Å². The molecule has 2 aromatic rings. The van der Waals surface area contributed by atoms with Gasteiger partial charge in [0.2, 0.25) is 0 Å². The number of aryl methyl sites for hydroxylation is 3. The number of aromatic nitrogens is 1. The first kappa shape index (κ1) is 10.7. The lowest BCUT2D eigenvalue weighted by molar-refractivity contribution is 0.948. The maximum absolute atomic E-state index is 3.71. The zero-order valence-electron chi connectivity index (χ0n) is 10.1. The number of nitrogens with zero attached hydrogens (tertiary/aromatic N) is 1. The highest BCUT2D eigenvalue weighted by atomic mass is 14.9. The fourth-order valence-electron chi connectivity index (χ4n) is 2.16. The van der Waals surface area contributed by atoms with Crippen LogP contribution in [0.2, 0.25) is 0 Å². The summed E-state index contributed by atoms with van der Waals surface area (Å²) in [6, 6.07) is 6.58. The van der Waals surface area contributed by atoms with Gasteiger partial charge >= 0.3 is 0 Å². The Morgan fingerprint density at radius 2 is 2.00 bits per heavy atom. The van der Waals surface area contributed by atoms with E-state index in [1.54, 1.807) is 0 Å². The SMILES string of the molecule is C=C/C=C\c1c(C)c2cc(C)ccc2n1C. The number of benzene rings is 1. The Kier molecular flexibility index (Phi) is 2.69. The van der Waals surface area contributed by atoms with Gasteiger partial charge in [0.1, 0.15) is 0 Å². The fraction of sp³-hybridized carbons (Fsp3) is 0.200. The Morgan fingerprint density at radius 3 is 2.69 bits per heavy atom. The van der Waals surface area contributed by atoms with Gasteiger partial charge in [-0.25, -0.2) is 0 Å². The van der Waals surface area contributed by atoms with E-state index in [0.717, 1.165) is 0 Å². The van der Waals surface area contributed by atoms with Crippen molar-refractivity contribution in [2.24, 2.45) is 7.05 Å². The Hall–Kier alpha value is -1.76. The second-order valence-electron chi connectivity index (χ2n) is 4.18. The standard InChI is InChI=1S/C15H17N/c1-5-6-7-14-12(3)13-10-11(2)8-9-15(13)16(14)4/h5-10H,1H2,2-4H3/b7-6-. The smallest absolute Gasteiger partial charge is 0.0485 e. The Labute approximate surface area is 96.7 Å². The minimum atomic E-state index is 1.25. The van der Waals surface area contributed by atoms with Gasteiger partial charge < -0.3 is 4.57 Å². The molecule has 0 saturated carbocycles. The fourth-order valence-corrected chi connectivity index (χ4v) is 2.16. The molecule has 0 atom stereocenters. The molecule has 0 amide bonds. The lowest BCUT2D eigenvalue weighted by Crippen LogP contribution is -1.90. The molecule has 1 heterocycles. The molecule has 0 aliphatic carbocycles. The lowest BCUT2D eigenvalue weighted by atomic mass is 10.1. The van der Waals surface area contributed by atoms with Gasteiger partial charge in [0.25, 0.3) is 0 Å². The third-order valence-corrected chi connectivity index (χ3v) is 3.05. The normalized spacial score (nSPS) is 11.4. The maximum Gasteiger partial charge on any atom is 0.0485 e. The molecule has 1 aromatic carbocycles. The first-order valence-corrected chi connectivity index (χ1v) is 5.50. The summed E-state index contributed by atoms with van der Waals surface area (Å²) < 4.78 is 2.23. The second kappa shape index (κ2) is 4.01. The summed E-state index contributed by atoms with van der Waals surface area (Å²) in [5, 5.41) is 1.34. The van der Waals surface area contributed by atoms with Crippen LogP contribution in [-0.4, -0.2) is 4.57 Å². The molecular formula is C15H17N. The van der Waals surface area contributed by atoms with Crippen molar-refractivity contribution in [3.05, 3.63) is 53.8 Å². The molecule has 1 nitrogen and oxygen atoms in total. The molecule has 0 saturated heterocycles. The molecule has 0 radical (unpaired) electrons. The summed E-state index contributed by atoms with van der Waals surface area (Å²) in [4.78, 5) is 0. The van der Waals surface area contributed by atoms with E-state index in [-0.39, 0.29) is 0 Å². The van der Waals surface area contributed by atoms with Crippen molar-refractivity contribution in [3.63, 3.8) is 0 Å². The van der Waals surface area contributed by atoms with Crippen molar-refractivity contribution in [2.75, 3.05) is 0 Å². The number of rotatable bonds is 2. The largest absolute Gasteiger partial charge is 0.344 e. The van der Waals surface area contributed by atoms with Crippen LogP contribution >= 0.6 is 0 Å². The molecule has 0 aliphatic rings. The summed E-state index contributed by atoms with van der Waals surface area (Å²) in [5.41, 5.74) is 5.17. The molecule has 0 spiro atoms. The molecule has 0 bridgehead atoms. The quantitative estimate of drug-likeness (QED) is 0.662. The highest BCUT2D eigenvalue weighted by molar-refractivity contribution is 5.88. The molecule has 1 heteroatoms. The van der Waals surface area contributed by atoms with Gasteiger partial charge in [-0.2, -0.15) is 0 Å². The molecular weight excluding hydrogens is 194 g/mol. The Morgan fingerprint density at radius 1 is 1.25 bits per heavy atom. The van der Waals surface area contributed by atoms with Crippen LogP contribution in [0.25, 0.3) is 17.0 Å². The molecule has 0 unspecified atom stereocenters. The van der Waals surface area contributed by atoms with Crippen molar-refractivity contribution >= 4 is 17.0 Å². The van der Waals surface area contributed by atoms with Crippen molar-refractivity contribution < 1.29 is 0 Å². The number of hydrogen-bond acceptors (Lipinski definition) is 0. The number of allylic oxidation sites excluding steroid dienone is 2. The van der Waals surface area contributed by atoms with Crippen LogP contribution < -0.4 is 0 Å². The second-order valence-corrected chi connectivity index (χ2v) is 4.18. The average molecular weight is 211 g/mol. The molecule has 1 aromatic heterocycles. The zero-order valence-corrected chi connectivity index (χ0v) is 10.1. The van der Waals surface area contributed by atoms with Gasteiger partial charge in [-0.1, -0.05) is 30.4 Å². The predicted molar refractivity (Wildman–Crippen MR) is 71.6 cm³/mol. The first-order valence-electron chi connectivity index (χ1n) is 5.50. The molecule has 0 aliphatic heterocycles. The molecule has 0 N–H and O–H groups in total. The highest BCUT2D eigenvalue weighted by Crippen LogP contribution is 2.26. The third-order valence-electron chi connectivity index (χ3n) is 3.05. The predicted octanol–water partition coefficient (Wildman–Crippen LogP) is 3.99. The topological polar surface area (TPSA) is 4.93 Å². The maximum atomic E-state index is 3.71. The van der Waals surface area contributed by atoms with Crippen molar-refractivity contribution in [3.8, 4) is 0 Å². The average Bonchev–Trinajstić information content (AvgIpc) is 2.50. The van der Waals surface area contributed by atoms with E-state index in [1.807, 2.05) is 12.2 Å². The lowest BCUT2D eigenvalue weighted by Gasteiger charge is -1.99. The van der Waals surface area contributed by atoms with E-state index in [9.17, 15) is 0 Å². The summed E-state index contributed by atoms with van der Waals surface area (Å²) in [6.07, 6.45) is 5.90. The molecule has 2 rings (SSSR count). The summed E-state index contributed by atoms with van der Waals surface area (Å²) in [7, 11) is 2.10. The van der Waals surface area contributed by atoms with Crippen LogP contribution in [-0.2, 0) is 7.05 Å². The van der Waals surface area contributed by atoms with Crippen LogP contribution in [0.5, 0.6) is 0 Å². The van der Waals surface area contributed by atoms with Gasteiger partial charge in [-0.15, -0.1) is 0 Å². The first-order chi connectivity index (χ1) is 7.65. The van der Waals surface area contributed by atoms with Crippen LogP contribution in [0.3, 0.4) is 0 Å². The summed E-state index contributed by atoms with van der Waals surface area (Å²) in [6.45, 7) is 8.01. The van der Waals surface area contributed by atoms with Gasteiger partial charge in [-0.3, -0.25) is 0 Å². The Balaban J connectivity index is 2.76. The Bertz CT molecular complexity index is 571. The zero-order chi connectivity index (χ0) is 11.7. The van der Waals surface area contributed by atoms with Crippen molar-refractivity contribution in [1.29, 1.82) is 0 Å². The summed E-state index contributed by atoms with van der Waals surface area (Å²) >= 11 is 0. The van der Waals surface area contributed by atoms with Gasteiger partial charge in [0.15, 0.2) is 0 Å². The van der Waals surface area contributed by atoms with Crippen LogP contribution in [0, 0.1) is 13.8 Å². The molecule has 16 heavy (non-hydrogen) atoms. The highest BCUT2D eigenvalue weighted by Gasteiger charge is 2.08. The van der Waals surface area contributed by atoms with E-state index in [2.05, 4.69) is 56.3 Å². The summed E-state index contributed by atoms with van der Waals surface area (Å²) in [5.74, 6) is 0.